The van der Waals surface area contributed by atoms with E-state index < -0.39 is 39.7 Å². The number of hydrogen-bond acceptors (Lipinski definition) is 7. The minimum Gasteiger partial charge on any atom is -0.452 e. The van der Waals surface area contributed by atoms with E-state index in [1.165, 1.54) is 31.2 Å². The van der Waals surface area contributed by atoms with Gasteiger partial charge in [0, 0.05) is 22.6 Å². The van der Waals surface area contributed by atoms with Crippen molar-refractivity contribution in [3.8, 4) is 0 Å². The quantitative estimate of drug-likeness (QED) is 0.327. The zero-order valence-corrected chi connectivity index (χ0v) is 16.6. The van der Waals surface area contributed by atoms with Gasteiger partial charge < -0.3 is 10.1 Å². The van der Waals surface area contributed by atoms with Crippen molar-refractivity contribution in [3.05, 3.63) is 34.4 Å². The van der Waals surface area contributed by atoms with E-state index in [9.17, 15) is 24.5 Å². The number of benzene rings is 1. The Labute approximate surface area is 161 Å². The Morgan fingerprint density at radius 3 is 2.19 bits per heavy atom. The number of thioether (sulfide) groups is 1. The summed E-state index contributed by atoms with van der Waals surface area (Å²) in [6.07, 6.45) is -1.15. The molecule has 1 aromatic carbocycles. The second kappa shape index (κ2) is 9.36. The topological polar surface area (TPSA) is 128 Å². The molecular formula is C17H23N3O6S. The third-order valence-electron chi connectivity index (χ3n) is 3.08. The van der Waals surface area contributed by atoms with Gasteiger partial charge in [0.1, 0.15) is 5.25 Å². The lowest BCUT2D eigenvalue weighted by molar-refractivity contribution is -0.384. The number of nitro groups is 1. The second-order valence-corrected chi connectivity index (χ2v) is 8.20. The van der Waals surface area contributed by atoms with E-state index in [1.54, 1.807) is 27.7 Å². The number of rotatable bonds is 6. The first-order valence-corrected chi connectivity index (χ1v) is 9.01. The largest absolute Gasteiger partial charge is 0.452 e. The molecule has 0 aliphatic rings. The first-order chi connectivity index (χ1) is 12.4. The summed E-state index contributed by atoms with van der Waals surface area (Å²) in [5.41, 5.74) is -0.561. The Balaban J connectivity index is 2.54. The van der Waals surface area contributed by atoms with Crippen LogP contribution in [-0.2, 0) is 14.3 Å². The molecule has 0 heterocycles. The van der Waals surface area contributed by atoms with Crippen molar-refractivity contribution in [1.82, 2.24) is 10.6 Å². The summed E-state index contributed by atoms with van der Waals surface area (Å²) >= 11 is 1.14. The van der Waals surface area contributed by atoms with Crippen molar-refractivity contribution in [2.24, 2.45) is 0 Å². The van der Waals surface area contributed by atoms with Crippen molar-refractivity contribution in [2.75, 3.05) is 0 Å². The van der Waals surface area contributed by atoms with E-state index in [-0.39, 0.29) is 5.69 Å². The van der Waals surface area contributed by atoms with Crippen molar-refractivity contribution in [2.45, 2.75) is 56.4 Å². The predicted octanol–water partition coefficient (Wildman–Crippen LogP) is 2.63. The molecular weight excluding hydrogens is 374 g/mol. The average Bonchev–Trinajstić information content (AvgIpc) is 2.53. The van der Waals surface area contributed by atoms with Gasteiger partial charge in [-0.1, -0.05) is 0 Å². The molecule has 0 saturated heterocycles. The predicted molar refractivity (Wildman–Crippen MR) is 100 cm³/mol. The fourth-order valence-corrected chi connectivity index (χ4v) is 2.66. The number of ether oxygens (including phenoxy) is 1. The number of nitrogens with one attached hydrogen (secondary N) is 2. The van der Waals surface area contributed by atoms with E-state index in [0.717, 1.165) is 11.8 Å². The molecule has 0 spiro atoms. The Morgan fingerprint density at radius 1 is 1.15 bits per heavy atom. The standard InChI is InChI=1S/C17H23N3O6S/c1-10(14(21)18-16(23)19-17(3,4)5)26-15(22)11(2)27-13-8-6-12(7-9-13)20(24)25/h6-11H,1-5H3,(H2,18,19,21,23)/t10-,11+/m1/s1. The summed E-state index contributed by atoms with van der Waals surface area (Å²) in [6, 6.07) is 5.05. The Hall–Kier alpha value is -2.62. The van der Waals surface area contributed by atoms with E-state index in [0.29, 0.717) is 4.90 Å². The van der Waals surface area contributed by atoms with Crippen LogP contribution in [0.5, 0.6) is 0 Å². The summed E-state index contributed by atoms with van der Waals surface area (Å²) in [6.45, 7) is 8.24. The van der Waals surface area contributed by atoms with Gasteiger partial charge in [-0.2, -0.15) is 0 Å². The summed E-state index contributed by atoms with van der Waals surface area (Å²) < 4.78 is 5.08. The summed E-state index contributed by atoms with van der Waals surface area (Å²) in [5, 5.41) is 14.7. The third kappa shape index (κ3) is 8.07. The van der Waals surface area contributed by atoms with Gasteiger partial charge in [-0.15, -0.1) is 11.8 Å². The van der Waals surface area contributed by atoms with Gasteiger partial charge >= 0.3 is 12.0 Å². The van der Waals surface area contributed by atoms with Crippen LogP contribution < -0.4 is 10.6 Å². The summed E-state index contributed by atoms with van der Waals surface area (Å²) in [5.74, 6) is -1.38. The maximum absolute atomic E-state index is 12.1. The van der Waals surface area contributed by atoms with Gasteiger partial charge in [-0.25, -0.2) is 4.79 Å². The highest BCUT2D eigenvalue weighted by atomic mass is 32.2. The van der Waals surface area contributed by atoms with Gasteiger partial charge in [0.2, 0.25) is 0 Å². The maximum atomic E-state index is 12.1. The monoisotopic (exact) mass is 397 g/mol. The number of nitrogens with zero attached hydrogens (tertiary/aromatic N) is 1. The molecule has 1 aromatic rings. The van der Waals surface area contributed by atoms with Crippen LogP contribution in [0.4, 0.5) is 10.5 Å². The van der Waals surface area contributed by atoms with E-state index in [4.69, 9.17) is 4.74 Å². The van der Waals surface area contributed by atoms with E-state index in [2.05, 4.69) is 10.6 Å². The fraction of sp³-hybridized carbons (Fsp3) is 0.471. The molecule has 2 atom stereocenters. The molecule has 0 aliphatic heterocycles. The number of esters is 1. The SMILES string of the molecule is C[C@H](Sc1ccc([N+](=O)[O-])cc1)C(=O)O[C@H](C)C(=O)NC(=O)NC(C)(C)C. The molecule has 0 fully saturated rings. The molecule has 27 heavy (non-hydrogen) atoms. The molecule has 10 heteroatoms. The number of carbonyl (C=O) groups is 3. The molecule has 3 amide bonds. The number of nitro benzene ring substituents is 1. The summed E-state index contributed by atoms with van der Waals surface area (Å²) in [4.78, 5) is 46.5. The fourth-order valence-electron chi connectivity index (χ4n) is 1.81. The number of amides is 3. The van der Waals surface area contributed by atoms with Crippen molar-refractivity contribution < 1.29 is 24.0 Å². The zero-order chi connectivity index (χ0) is 20.8. The van der Waals surface area contributed by atoms with Crippen LogP contribution in [0.1, 0.15) is 34.6 Å². The van der Waals surface area contributed by atoms with Crippen molar-refractivity contribution >= 4 is 35.4 Å². The third-order valence-corrected chi connectivity index (χ3v) is 4.17. The summed E-state index contributed by atoms with van der Waals surface area (Å²) in [7, 11) is 0. The highest BCUT2D eigenvalue weighted by Crippen LogP contribution is 2.26. The van der Waals surface area contributed by atoms with Crippen LogP contribution in [-0.4, -0.2) is 39.7 Å². The minimum atomic E-state index is -1.15. The lowest BCUT2D eigenvalue weighted by Gasteiger charge is -2.21. The Kier molecular flexibility index (Phi) is 7.77. The molecule has 1 rings (SSSR count). The minimum absolute atomic E-state index is 0.0478. The number of non-ortho nitro benzene ring substituents is 1. The number of carbonyl (C=O) groups excluding carboxylic acids is 3. The van der Waals surface area contributed by atoms with Gasteiger partial charge in [-0.05, 0) is 46.8 Å². The lowest BCUT2D eigenvalue weighted by Crippen LogP contribution is -2.50. The first-order valence-electron chi connectivity index (χ1n) is 8.13. The second-order valence-electron chi connectivity index (χ2n) is 6.78. The lowest BCUT2D eigenvalue weighted by atomic mass is 10.1. The van der Waals surface area contributed by atoms with Gasteiger partial charge in [0.15, 0.2) is 6.10 Å². The van der Waals surface area contributed by atoms with Crippen LogP contribution in [0.2, 0.25) is 0 Å². The normalized spacial score (nSPS) is 13.2. The highest BCUT2D eigenvalue weighted by Gasteiger charge is 2.25. The van der Waals surface area contributed by atoms with Crippen LogP contribution in [0.3, 0.4) is 0 Å². The first kappa shape index (κ1) is 22.4. The van der Waals surface area contributed by atoms with Crippen molar-refractivity contribution in [3.63, 3.8) is 0 Å². The van der Waals surface area contributed by atoms with E-state index in [1.807, 2.05) is 0 Å². The highest BCUT2D eigenvalue weighted by molar-refractivity contribution is 8.00. The molecule has 0 bridgehead atoms. The number of urea groups is 1. The van der Waals surface area contributed by atoms with Crippen LogP contribution in [0.15, 0.2) is 29.2 Å². The average molecular weight is 397 g/mol. The van der Waals surface area contributed by atoms with Gasteiger partial charge in [0.25, 0.3) is 11.6 Å². The Morgan fingerprint density at radius 2 is 1.70 bits per heavy atom. The van der Waals surface area contributed by atoms with Crippen LogP contribution in [0.25, 0.3) is 0 Å². The molecule has 0 aromatic heterocycles. The molecule has 9 nitrogen and oxygen atoms in total. The van der Waals surface area contributed by atoms with E-state index >= 15 is 0 Å². The number of hydrogen-bond donors (Lipinski definition) is 2. The van der Waals surface area contributed by atoms with Gasteiger partial charge in [0.05, 0.1) is 4.92 Å². The number of imide groups is 1. The maximum Gasteiger partial charge on any atom is 0.321 e. The molecule has 148 valence electrons. The molecule has 0 aliphatic carbocycles. The smallest absolute Gasteiger partial charge is 0.321 e. The molecule has 2 N–H and O–H groups in total. The van der Waals surface area contributed by atoms with Crippen LogP contribution >= 0.6 is 11.8 Å². The van der Waals surface area contributed by atoms with Crippen LogP contribution in [0, 0.1) is 10.1 Å². The molecule has 0 unspecified atom stereocenters. The Bertz CT molecular complexity index is 714. The zero-order valence-electron chi connectivity index (χ0n) is 15.8. The molecule has 0 radical (unpaired) electrons. The van der Waals surface area contributed by atoms with Crippen molar-refractivity contribution in [1.29, 1.82) is 0 Å². The van der Waals surface area contributed by atoms with Gasteiger partial charge in [-0.3, -0.25) is 25.0 Å². The molecule has 0 saturated carbocycles.